The van der Waals surface area contributed by atoms with Crippen molar-refractivity contribution in [2.75, 3.05) is 12.4 Å². The molecule has 0 aliphatic carbocycles. The van der Waals surface area contributed by atoms with Crippen LogP contribution in [0, 0.1) is 10.1 Å². The van der Waals surface area contributed by atoms with Gasteiger partial charge in [-0.3, -0.25) is 19.7 Å². The molecule has 7 nitrogen and oxygen atoms in total. The number of thiophene rings is 2. The van der Waals surface area contributed by atoms with E-state index >= 15 is 0 Å². The monoisotopic (exact) mass is 311 g/mol. The average Bonchev–Trinajstić information content (AvgIpc) is 3.06. The molecular formula is C11H9N3O4S2. The summed E-state index contributed by atoms with van der Waals surface area (Å²) in [5.74, 6) is -0.783. The fourth-order valence-corrected chi connectivity index (χ4v) is 2.93. The fraction of sp³-hybridized carbons (Fsp3) is 0.0909. The van der Waals surface area contributed by atoms with Gasteiger partial charge in [0.25, 0.3) is 11.8 Å². The van der Waals surface area contributed by atoms with Crippen molar-refractivity contribution in [3.63, 3.8) is 0 Å². The molecule has 9 heteroatoms. The van der Waals surface area contributed by atoms with E-state index in [0.717, 1.165) is 11.3 Å². The van der Waals surface area contributed by atoms with Crippen LogP contribution >= 0.6 is 22.7 Å². The van der Waals surface area contributed by atoms with Crippen LogP contribution in [0.25, 0.3) is 0 Å². The van der Waals surface area contributed by atoms with Gasteiger partial charge < -0.3 is 10.6 Å². The minimum atomic E-state index is -0.553. The Kier molecular flexibility index (Phi) is 4.11. The Hall–Kier alpha value is -2.26. The second-order valence-electron chi connectivity index (χ2n) is 3.59. The Labute approximate surface area is 121 Å². The van der Waals surface area contributed by atoms with Crippen LogP contribution in [-0.2, 0) is 0 Å². The minimum absolute atomic E-state index is 0.104. The largest absolute Gasteiger partial charge is 0.355 e. The zero-order valence-electron chi connectivity index (χ0n) is 10.2. The molecule has 20 heavy (non-hydrogen) atoms. The molecule has 2 aromatic heterocycles. The first kappa shape index (κ1) is 14.2. The maximum atomic E-state index is 12.0. The molecule has 0 aliphatic heterocycles. The third kappa shape index (κ3) is 2.83. The molecule has 0 fully saturated rings. The van der Waals surface area contributed by atoms with Crippen LogP contribution < -0.4 is 10.6 Å². The Bertz CT molecular complexity index is 677. The summed E-state index contributed by atoms with van der Waals surface area (Å²) >= 11 is 1.99. The highest BCUT2D eigenvalue weighted by Gasteiger charge is 2.18. The van der Waals surface area contributed by atoms with Gasteiger partial charge in [-0.1, -0.05) is 11.3 Å². The van der Waals surface area contributed by atoms with E-state index in [1.165, 1.54) is 30.5 Å². The fourth-order valence-electron chi connectivity index (χ4n) is 1.43. The average molecular weight is 311 g/mol. The molecule has 0 radical (unpaired) electrons. The Morgan fingerprint density at radius 1 is 1.25 bits per heavy atom. The first-order valence-corrected chi connectivity index (χ1v) is 7.07. The topological polar surface area (TPSA) is 101 Å². The second kappa shape index (κ2) is 5.80. The summed E-state index contributed by atoms with van der Waals surface area (Å²) in [5.41, 5.74) is 0.358. The van der Waals surface area contributed by atoms with Gasteiger partial charge in [0.15, 0.2) is 0 Å². The third-order valence-electron chi connectivity index (χ3n) is 2.36. The number of nitro groups is 1. The Balaban J connectivity index is 2.17. The van der Waals surface area contributed by atoms with Gasteiger partial charge in [0.2, 0.25) is 0 Å². The molecule has 0 unspecified atom stereocenters. The van der Waals surface area contributed by atoms with Gasteiger partial charge in [0.1, 0.15) is 5.00 Å². The molecular weight excluding hydrogens is 302 g/mol. The molecule has 0 spiro atoms. The highest BCUT2D eigenvalue weighted by molar-refractivity contribution is 7.17. The lowest BCUT2D eigenvalue weighted by atomic mass is 10.3. The molecule has 0 aliphatic rings. The summed E-state index contributed by atoms with van der Waals surface area (Å²) in [6.45, 7) is 0. The number of hydrogen-bond donors (Lipinski definition) is 2. The molecule has 0 saturated heterocycles. The van der Waals surface area contributed by atoms with Gasteiger partial charge in [0.05, 0.1) is 15.4 Å². The normalized spacial score (nSPS) is 10.1. The maximum absolute atomic E-state index is 12.0. The first-order chi connectivity index (χ1) is 9.52. The number of anilines is 1. The van der Waals surface area contributed by atoms with E-state index in [2.05, 4.69) is 10.6 Å². The minimum Gasteiger partial charge on any atom is -0.355 e. The molecule has 0 saturated carbocycles. The molecule has 2 aromatic rings. The molecule has 0 atom stereocenters. The van der Waals surface area contributed by atoms with Crippen molar-refractivity contribution in [1.82, 2.24) is 5.32 Å². The highest BCUT2D eigenvalue weighted by Crippen LogP contribution is 2.27. The number of carbonyl (C=O) groups is 2. The summed E-state index contributed by atoms with van der Waals surface area (Å²) in [4.78, 5) is 33.8. The second-order valence-corrected chi connectivity index (χ2v) is 5.57. The maximum Gasteiger partial charge on any atom is 0.324 e. The summed E-state index contributed by atoms with van der Waals surface area (Å²) in [5, 5.41) is 17.6. The molecule has 0 aromatic carbocycles. The number of nitrogens with zero attached hydrogens (tertiary/aromatic N) is 1. The van der Waals surface area contributed by atoms with Gasteiger partial charge in [-0.25, -0.2) is 0 Å². The van der Waals surface area contributed by atoms with Crippen molar-refractivity contribution in [2.45, 2.75) is 0 Å². The lowest BCUT2D eigenvalue weighted by Crippen LogP contribution is -2.19. The van der Waals surface area contributed by atoms with Gasteiger partial charge >= 0.3 is 5.00 Å². The van der Waals surface area contributed by atoms with Crippen LogP contribution in [0.1, 0.15) is 20.0 Å². The van der Waals surface area contributed by atoms with Crippen LogP contribution in [0.15, 0.2) is 23.6 Å². The van der Waals surface area contributed by atoms with Crippen LogP contribution in [-0.4, -0.2) is 23.8 Å². The van der Waals surface area contributed by atoms with Gasteiger partial charge in [-0.15, -0.1) is 11.3 Å². The van der Waals surface area contributed by atoms with E-state index in [-0.39, 0.29) is 15.8 Å². The molecule has 0 bridgehead atoms. The van der Waals surface area contributed by atoms with Crippen molar-refractivity contribution in [2.24, 2.45) is 0 Å². The molecule has 2 rings (SSSR count). The van der Waals surface area contributed by atoms with E-state index in [1.54, 1.807) is 11.4 Å². The smallest absolute Gasteiger partial charge is 0.324 e. The number of rotatable bonds is 4. The molecule has 2 heterocycles. The third-order valence-corrected chi connectivity index (χ3v) is 4.23. The summed E-state index contributed by atoms with van der Waals surface area (Å²) in [7, 11) is 1.49. The van der Waals surface area contributed by atoms with Gasteiger partial charge in [-0.05, 0) is 17.5 Å². The van der Waals surface area contributed by atoms with Crippen molar-refractivity contribution in [3.8, 4) is 0 Å². The number of hydrogen-bond acceptors (Lipinski definition) is 6. The number of nitrogens with one attached hydrogen (secondary N) is 2. The number of carbonyl (C=O) groups excluding carboxylic acids is 2. The Morgan fingerprint density at radius 3 is 2.60 bits per heavy atom. The van der Waals surface area contributed by atoms with Crippen molar-refractivity contribution in [3.05, 3.63) is 44.1 Å². The first-order valence-electron chi connectivity index (χ1n) is 5.38. The molecule has 2 amide bonds. The van der Waals surface area contributed by atoms with Crippen molar-refractivity contribution in [1.29, 1.82) is 0 Å². The van der Waals surface area contributed by atoms with Crippen LogP contribution in [0.3, 0.4) is 0 Å². The van der Waals surface area contributed by atoms with Crippen LogP contribution in [0.4, 0.5) is 10.0 Å². The predicted molar refractivity (Wildman–Crippen MR) is 76.6 cm³/mol. The van der Waals surface area contributed by atoms with Crippen LogP contribution in [0.2, 0.25) is 0 Å². The number of amides is 2. The predicted octanol–water partition coefficient (Wildman–Crippen LogP) is 2.33. The van der Waals surface area contributed by atoms with E-state index < -0.39 is 10.8 Å². The SMILES string of the molecule is CNC(=O)c1ccsc1NC(=O)c1ccc([N+](=O)[O-])s1. The lowest BCUT2D eigenvalue weighted by molar-refractivity contribution is -0.380. The van der Waals surface area contributed by atoms with Crippen molar-refractivity contribution < 1.29 is 14.5 Å². The zero-order chi connectivity index (χ0) is 14.7. The van der Waals surface area contributed by atoms with Crippen LogP contribution in [0.5, 0.6) is 0 Å². The van der Waals surface area contributed by atoms with Gasteiger partial charge in [0, 0.05) is 13.1 Å². The standard InChI is InChI=1S/C11H9N3O4S2/c1-12-9(15)6-4-5-19-11(6)13-10(16)7-2-3-8(20-7)14(17)18/h2-5H,1H3,(H,12,15)(H,13,16). The lowest BCUT2D eigenvalue weighted by Gasteiger charge is -2.03. The van der Waals surface area contributed by atoms with E-state index in [0.29, 0.717) is 10.6 Å². The zero-order valence-corrected chi connectivity index (χ0v) is 11.8. The summed E-state index contributed by atoms with van der Waals surface area (Å²) in [6.07, 6.45) is 0. The molecule has 2 N–H and O–H groups in total. The Morgan fingerprint density at radius 2 is 2.00 bits per heavy atom. The van der Waals surface area contributed by atoms with Gasteiger partial charge in [-0.2, -0.15) is 0 Å². The van der Waals surface area contributed by atoms with Crippen molar-refractivity contribution >= 4 is 44.5 Å². The summed E-state index contributed by atoms with van der Waals surface area (Å²) < 4.78 is 0. The highest BCUT2D eigenvalue weighted by atomic mass is 32.1. The quantitative estimate of drug-likeness (QED) is 0.668. The van der Waals surface area contributed by atoms with E-state index in [1.807, 2.05) is 0 Å². The van der Waals surface area contributed by atoms with E-state index in [9.17, 15) is 19.7 Å². The van der Waals surface area contributed by atoms with E-state index in [4.69, 9.17) is 0 Å². The summed E-state index contributed by atoms with van der Waals surface area (Å²) in [6, 6.07) is 4.24. The molecule has 104 valence electrons.